The summed E-state index contributed by atoms with van der Waals surface area (Å²) in [6, 6.07) is 17.9. The van der Waals surface area contributed by atoms with E-state index in [9.17, 15) is 9.59 Å². The maximum Gasteiger partial charge on any atom is 0.411 e. The van der Waals surface area contributed by atoms with Crippen LogP contribution < -0.4 is 5.32 Å². The minimum Gasteiger partial charge on any atom is -0.465 e. The Morgan fingerprint density at radius 2 is 1.76 bits per heavy atom. The Morgan fingerprint density at radius 3 is 2.37 bits per heavy atom. The third-order valence-electron chi connectivity index (χ3n) is 5.93. The van der Waals surface area contributed by atoms with Crippen molar-refractivity contribution in [1.29, 1.82) is 0 Å². The van der Waals surface area contributed by atoms with E-state index in [1.165, 1.54) is 7.11 Å². The van der Waals surface area contributed by atoms with Crippen molar-refractivity contribution >= 4 is 37.4 Å². The first-order valence-corrected chi connectivity index (χ1v) is 16.7. The van der Waals surface area contributed by atoms with E-state index in [0.717, 1.165) is 17.2 Å². The molecule has 3 aromatic rings. The van der Waals surface area contributed by atoms with Crippen LogP contribution in [-0.2, 0) is 25.4 Å². The number of ether oxygens (including phenoxy) is 3. The van der Waals surface area contributed by atoms with Gasteiger partial charge in [-0.1, -0.05) is 73.7 Å². The molecule has 0 saturated heterocycles. The van der Waals surface area contributed by atoms with Gasteiger partial charge in [-0.15, -0.1) is 0 Å². The van der Waals surface area contributed by atoms with Crippen LogP contribution in [0, 0.1) is 0 Å². The van der Waals surface area contributed by atoms with Crippen molar-refractivity contribution in [3.63, 3.8) is 0 Å². The van der Waals surface area contributed by atoms with Gasteiger partial charge in [-0.25, -0.2) is 9.78 Å². The first-order chi connectivity index (χ1) is 18.1. The molecule has 2 unspecified atom stereocenters. The lowest BCUT2D eigenvalue weighted by atomic mass is 9.98. The van der Waals surface area contributed by atoms with Crippen LogP contribution in [-0.4, -0.2) is 50.4 Å². The molecule has 204 valence electrons. The van der Waals surface area contributed by atoms with Gasteiger partial charge in [0.2, 0.25) is 0 Å². The molecular formula is C28H36ClN3O5Si. The van der Waals surface area contributed by atoms with Crippen LogP contribution in [0.4, 0.5) is 10.5 Å². The van der Waals surface area contributed by atoms with E-state index < -0.39 is 26.2 Å². The highest BCUT2D eigenvalue weighted by Gasteiger charge is 2.30. The van der Waals surface area contributed by atoms with E-state index in [0.29, 0.717) is 30.2 Å². The molecule has 0 bridgehead atoms. The standard InChI is InChI=1S/C28H36ClN3O5Si/c1-6-36-27(33)22(18-19-10-8-7-9-11-19)26-31-23(25(29)32-26)24(37-16-17-38(3,4)5)20-12-14-21(15-13-20)30-28(34)35-2/h7-15,22,24H,6,16-18H2,1-5H3,(H,30,34)(H,31,32). The van der Waals surface area contributed by atoms with E-state index in [1.54, 1.807) is 19.1 Å². The van der Waals surface area contributed by atoms with Crippen LogP contribution in [0.1, 0.15) is 41.6 Å². The quantitative estimate of drug-likeness (QED) is 0.193. The van der Waals surface area contributed by atoms with Crippen LogP contribution in [0.15, 0.2) is 54.6 Å². The second-order valence-corrected chi connectivity index (χ2v) is 16.1. The fourth-order valence-corrected chi connectivity index (χ4v) is 4.81. The summed E-state index contributed by atoms with van der Waals surface area (Å²) >= 11 is 6.67. The van der Waals surface area contributed by atoms with E-state index in [1.807, 2.05) is 42.5 Å². The zero-order chi connectivity index (χ0) is 27.7. The number of esters is 1. The van der Waals surface area contributed by atoms with E-state index in [-0.39, 0.29) is 17.7 Å². The first kappa shape index (κ1) is 29.4. The molecule has 1 aromatic heterocycles. The number of H-pyrrole nitrogens is 1. The Labute approximate surface area is 230 Å². The van der Waals surface area contributed by atoms with Gasteiger partial charge >= 0.3 is 12.1 Å². The van der Waals surface area contributed by atoms with Gasteiger partial charge in [0.25, 0.3) is 0 Å². The predicted octanol–water partition coefficient (Wildman–Crippen LogP) is 6.58. The van der Waals surface area contributed by atoms with Gasteiger partial charge < -0.3 is 19.2 Å². The molecule has 8 nitrogen and oxygen atoms in total. The fraction of sp³-hybridized carbons (Fsp3) is 0.393. The monoisotopic (exact) mass is 557 g/mol. The minimum atomic E-state index is -1.36. The largest absolute Gasteiger partial charge is 0.465 e. The number of aromatic amines is 1. The molecule has 1 heterocycles. The van der Waals surface area contributed by atoms with E-state index in [4.69, 9.17) is 21.1 Å². The molecule has 0 saturated carbocycles. The molecule has 0 aliphatic heterocycles. The number of nitrogens with zero attached hydrogens (tertiary/aromatic N) is 1. The number of amides is 1. The molecule has 38 heavy (non-hydrogen) atoms. The van der Waals surface area contributed by atoms with E-state index >= 15 is 0 Å². The molecule has 0 aliphatic rings. The highest BCUT2D eigenvalue weighted by atomic mass is 35.5. The Bertz CT molecular complexity index is 1200. The molecule has 10 heteroatoms. The maximum atomic E-state index is 12.9. The summed E-state index contributed by atoms with van der Waals surface area (Å²) in [4.78, 5) is 32.4. The van der Waals surface area contributed by atoms with Gasteiger partial charge in [-0.05, 0) is 42.6 Å². The molecule has 2 atom stereocenters. The van der Waals surface area contributed by atoms with Crippen molar-refractivity contribution < 1.29 is 23.8 Å². The Morgan fingerprint density at radius 1 is 1.08 bits per heavy atom. The molecule has 3 rings (SSSR count). The number of nitrogens with one attached hydrogen (secondary N) is 2. The highest BCUT2D eigenvalue weighted by molar-refractivity contribution is 6.76. The summed E-state index contributed by atoms with van der Waals surface area (Å²) in [5.41, 5.74) is 2.96. The summed E-state index contributed by atoms with van der Waals surface area (Å²) in [7, 11) is -0.0468. The average Bonchev–Trinajstić information content (AvgIpc) is 3.26. The van der Waals surface area contributed by atoms with Crippen LogP contribution >= 0.6 is 11.6 Å². The molecular weight excluding hydrogens is 522 g/mol. The topological polar surface area (TPSA) is 103 Å². The average molecular weight is 558 g/mol. The fourth-order valence-electron chi connectivity index (χ4n) is 3.85. The minimum absolute atomic E-state index is 0.233. The molecule has 0 aliphatic carbocycles. The number of aromatic nitrogens is 2. The summed E-state index contributed by atoms with van der Waals surface area (Å²) in [5, 5.41) is 2.88. The lowest BCUT2D eigenvalue weighted by Gasteiger charge is -2.21. The zero-order valence-electron chi connectivity index (χ0n) is 22.5. The van der Waals surface area contributed by atoms with Crippen LogP contribution in [0.3, 0.4) is 0 Å². The number of methoxy groups -OCH3 is 1. The third-order valence-corrected chi connectivity index (χ3v) is 7.92. The smallest absolute Gasteiger partial charge is 0.411 e. The molecule has 1 amide bonds. The number of anilines is 1. The van der Waals surface area contributed by atoms with Crippen molar-refractivity contribution in [2.45, 2.75) is 51.1 Å². The number of benzene rings is 2. The summed E-state index contributed by atoms with van der Waals surface area (Å²) in [6.45, 7) is 9.44. The second-order valence-electron chi connectivity index (χ2n) is 10.1. The SMILES string of the molecule is CCOC(=O)C(Cc1ccccc1)c1nc(Cl)c(C(OCC[Si](C)(C)C)c2ccc(NC(=O)OC)cc2)[nH]1. The van der Waals surface area contributed by atoms with Gasteiger partial charge in [-0.3, -0.25) is 10.1 Å². The summed E-state index contributed by atoms with van der Waals surface area (Å²) in [5.74, 6) is -0.601. The Balaban J connectivity index is 1.95. The number of carbonyl (C=O) groups excluding carboxylic acids is 2. The Kier molecular flexibility index (Phi) is 10.5. The number of rotatable bonds is 12. The van der Waals surface area contributed by atoms with Gasteiger partial charge in [0.15, 0.2) is 5.15 Å². The van der Waals surface area contributed by atoms with Crippen molar-refractivity contribution in [3.8, 4) is 0 Å². The van der Waals surface area contributed by atoms with Gasteiger partial charge in [0, 0.05) is 20.4 Å². The first-order valence-electron chi connectivity index (χ1n) is 12.6. The third kappa shape index (κ3) is 8.44. The molecule has 2 aromatic carbocycles. The lowest BCUT2D eigenvalue weighted by molar-refractivity contribution is -0.145. The normalized spacial score (nSPS) is 13.0. The maximum absolute atomic E-state index is 12.9. The van der Waals surface area contributed by atoms with Gasteiger partial charge in [0.1, 0.15) is 17.8 Å². The van der Waals surface area contributed by atoms with Crippen molar-refractivity contribution in [1.82, 2.24) is 9.97 Å². The molecule has 0 fully saturated rings. The number of hydrogen-bond donors (Lipinski definition) is 2. The summed E-state index contributed by atoms with van der Waals surface area (Å²) in [6.07, 6.45) is -0.685. The second kappa shape index (κ2) is 13.6. The Hall–Kier alpha value is -3.14. The van der Waals surface area contributed by atoms with Gasteiger partial charge in [0.05, 0.1) is 19.4 Å². The van der Waals surface area contributed by atoms with Crippen molar-refractivity contribution in [2.24, 2.45) is 0 Å². The molecule has 0 spiro atoms. The van der Waals surface area contributed by atoms with Crippen molar-refractivity contribution in [3.05, 3.63) is 82.4 Å². The number of halogens is 1. The van der Waals surface area contributed by atoms with Crippen LogP contribution in [0.2, 0.25) is 30.8 Å². The van der Waals surface area contributed by atoms with Gasteiger partial charge in [-0.2, -0.15) is 0 Å². The predicted molar refractivity (Wildman–Crippen MR) is 152 cm³/mol. The van der Waals surface area contributed by atoms with Crippen LogP contribution in [0.5, 0.6) is 0 Å². The highest BCUT2D eigenvalue weighted by Crippen LogP contribution is 2.33. The number of carbonyl (C=O) groups is 2. The molecule has 2 N–H and O–H groups in total. The number of hydrogen-bond acceptors (Lipinski definition) is 6. The molecule has 0 radical (unpaired) electrons. The number of imidazole rings is 1. The van der Waals surface area contributed by atoms with Crippen LogP contribution in [0.25, 0.3) is 0 Å². The van der Waals surface area contributed by atoms with Crippen molar-refractivity contribution in [2.75, 3.05) is 25.6 Å². The summed E-state index contributed by atoms with van der Waals surface area (Å²) < 4.78 is 16.4. The lowest BCUT2D eigenvalue weighted by Crippen LogP contribution is -2.23. The zero-order valence-corrected chi connectivity index (χ0v) is 24.3. The van der Waals surface area contributed by atoms with E-state index in [2.05, 4.69) is 39.7 Å².